The molecular formula is C22H18O3. The lowest BCUT2D eigenvalue weighted by atomic mass is 9.68. The van der Waals surface area contributed by atoms with Crippen molar-refractivity contribution in [2.45, 2.75) is 17.8 Å². The SMILES string of the molecule is O=CC1(c2ccccc2)c2cc(O)ccc2CC1c1ccc(O)cc1. The van der Waals surface area contributed by atoms with E-state index in [2.05, 4.69) is 0 Å². The molecule has 2 N–H and O–H groups in total. The number of phenolic OH excluding ortho intramolecular Hbond substituents is 2. The molecule has 0 amide bonds. The Balaban J connectivity index is 1.98. The van der Waals surface area contributed by atoms with Gasteiger partial charge in [-0.15, -0.1) is 0 Å². The number of carbonyl (C=O) groups excluding carboxylic acids is 1. The van der Waals surface area contributed by atoms with Crippen molar-refractivity contribution in [2.24, 2.45) is 0 Å². The number of aromatic hydroxyl groups is 2. The lowest BCUT2D eigenvalue weighted by Crippen LogP contribution is -2.33. The second kappa shape index (κ2) is 5.78. The molecule has 2 unspecified atom stereocenters. The Morgan fingerprint density at radius 2 is 1.56 bits per heavy atom. The normalized spacial score (nSPS) is 21.7. The Labute approximate surface area is 146 Å². The van der Waals surface area contributed by atoms with E-state index in [-0.39, 0.29) is 17.4 Å². The smallest absolute Gasteiger partial charge is 0.135 e. The first-order valence-electron chi connectivity index (χ1n) is 8.28. The number of carbonyl (C=O) groups is 1. The number of hydrogen-bond acceptors (Lipinski definition) is 3. The van der Waals surface area contributed by atoms with Gasteiger partial charge in [0.15, 0.2) is 0 Å². The number of rotatable bonds is 3. The van der Waals surface area contributed by atoms with Crippen molar-refractivity contribution in [1.82, 2.24) is 0 Å². The summed E-state index contributed by atoms with van der Waals surface area (Å²) in [4.78, 5) is 12.5. The van der Waals surface area contributed by atoms with Crippen molar-refractivity contribution < 1.29 is 15.0 Å². The van der Waals surface area contributed by atoms with Crippen LogP contribution in [0, 0.1) is 0 Å². The summed E-state index contributed by atoms with van der Waals surface area (Å²) < 4.78 is 0. The fourth-order valence-electron chi connectivity index (χ4n) is 4.07. The van der Waals surface area contributed by atoms with Gasteiger partial charge in [-0.3, -0.25) is 0 Å². The molecule has 0 spiro atoms. The van der Waals surface area contributed by atoms with Crippen LogP contribution < -0.4 is 0 Å². The number of aldehydes is 1. The summed E-state index contributed by atoms with van der Waals surface area (Å²) in [5.41, 5.74) is 2.96. The quantitative estimate of drug-likeness (QED) is 0.716. The molecule has 3 aromatic carbocycles. The second-order valence-corrected chi connectivity index (χ2v) is 6.54. The van der Waals surface area contributed by atoms with E-state index in [4.69, 9.17) is 0 Å². The van der Waals surface area contributed by atoms with E-state index >= 15 is 0 Å². The molecule has 25 heavy (non-hydrogen) atoms. The molecule has 3 aromatic rings. The highest BCUT2D eigenvalue weighted by molar-refractivity contribution is 5.81. The predicted molar refractivity (Wildman–Crippen MR) is 95.9 cm³/mol. The summed E-state index contributed by atoms with van der Waals surface area (Å²) in [6.45, 7) is 0. The lowest BCUT2D eigenvalue weighted by Gasteiger charge is -2.32. The Bertz CT molecular complexity index is 916. The summed E-state index contributed by atoms with van der Waals surface area (Å²) in [5, 5.41) is 19.6. The third kappa shape index (κ3) is 2.31. The minimum Gasteiger partial charge on any atom is -0.508 e. The number of phenols is 2. The molecule has 1 aliphatic carbocycles. The van der Waals surface area contributed by atoms with Crippen LogP contribution in [0.15, 0.2) is 72.8 Å². The molecule has 0 aliphatic heterocycles. The van der Waals surface area contributed by atoms with Gasteiger partial charge in [0.2, 0.25) is 0 Å². The zero-order valence-corrected chi connectivity index (χ0v) is 13.6. The van der Waals surface area contributed by atoms with Crippen LogP contribution >= 0.6 is 0 Å². The number of benzene rings is 3. The fraction of sp³-hybridized carbons (Fsp3) is 0.136. The van der Waals surface area contributed by atoms with E-state index in [9.17, 15) is 15.0 Å². The van der Waals surface area contributed by atoms with Crippen LogP contribution in [0.3, 0.4) is 0 Å². The maximum Gasteiger partial charge on any atom is 0.135 e. The molecule has 124 valence electrons. The standard InChI is InChI=1S/C22H18O3/c23-14-22(17-4-2-1-3-5-17)20(15-6-9-18(24)10-7-15)12-16-8-11-19(25)13-21(16)22/h1-11,13-14,20,24-25H,12H2. The zero-order valence-electron chi connectivity index (χ0n) is 13.6. The number of fused-ring (bicyclic) bond motifs is 1. The van der Waals surface area contributed by atoms with Crippen LogP contribution in [-0.4, -0.2) is 16.5 Å². The fourth-order valence-corrected chi connectivity index (χ4v) is 4.07. The van der Waals surface area contributed by atoms with Crippen LogP contribution in [0.1, 0.15) is 28.2 Å². The molecule has 3 heteroatoms. The molecule has 0 aromatic heterocycles. The van der Waals surface area contributed by atoms with Crippen molar-refractivity contribution in [3.63, 3.8) is 0 Å². The Kier molecular flexibility index (Phi) is 3.57. The topological polar surface area (TPSA) is 57.5 Å². The first kappa shape index (κ1) is 15.5. The highest BCUT2D eigenvalue weighted by Gasteiger charge is 2.49. The van der Waals surface area contributed by atoms with E-state index in [1.54, 1.807) is 24.3 Å². The summed E-state index contributed by atoms with van der Waals surface area (Å²) in [7, 11) is 0. The average molecular weight is 330 g/mol. The summed E-state index contributed by atoms with van der Waals surface area (Å²) in [5.74, 6) is 0.269. The molecule has 2 atom stereocenters. The zero-order chi connectivity index (χ0) is 17.4. The van der Waals surface area contributed by atoms with Gasteiger partial charge in [-0.2, -0.15) is 0 Å². The minimum absolute atomic E-state index is 0.0928. The molecule has 0 saturated heterocycles. The molecule has 0 bridgehead atoms. The van der Waals surface area contributed by atoms with Gasteiger partial charge < -0.3 is 15.0 Å². The maximum absolute atomic E-state index is 12.5. The van der Waals surface area contributed by atoms with Crippen LogP contribution in [0.4, 0.5) is 0 Å². The number of hydrogen-bond donors (Lipinski definition) is 2. The largest absolute Gasteiger partial charge is 0.508 e. The van der Waals surface area contributed by atoms with E-state index in [1.165, 1.54) is 0 Å². The van der Waals surface area contributed by atoms with Gasteiger partial charge in [0.05, 0.1) is 5.41 Å². The average Bonchev–Trinajstić information content (AvgIpc) is 2.97. The third-order valence-electron chi connectivity index (χ3n) is 5.25. The van der Waals surface area contributed by atoms with Gasteiger partial charge in [0.1, 0.15) is 17.8 Å². The van der Waals surface area contributed by atoms with Crippen molar-refractivity contribution in [3.8, 4) is 11.5 Å². The van der Waals surface area contributed by atoms with E-state index in [1.807, 2.05) is 48.5 Å². The molecular weight excluding hydrogens is 312 g/mol. The molecule has 0 heterocycles. The second-order valence-electron chi connectivity index (χ2n) is 6.54. The van der Waals surface area contributed by atoms with Crippen LogP contribution in [0.25, 0.3) is 0 Å². The highest BCUT2D eigenvalue weighted by atomic mass is 16.3. The van der Waals surface area contributed by atoms with Crippen molar-refractivity contribution in [3.05, 3.63) is 95.1 Å². The van der Waals surface area contributed by atoms with Crippen LogP contribution in [0.2, 0.25) is 0 Å². The molecule has 0 saturated carbocycles. The van der Waals surface area contributed by atoms with Crippen LogP contribution in [-0.2, 0) is 16.6 Å². The van der Waals surface area contributed by atoms with Crippen molar-refractivity contribution in [1.29, 1.82) is 0 Å². The molecule has 0 fully saturated rings. The summed E-state index contributed by atoms with van der Waals surface area (Å²) in [6.07, 6.45) is 1.71. The minimum atomic E-state index is -0.855. The van der Waals surface area contributed by atoms with Crippen molar-refractivity contribution in [2.75, 3.05) is 0 Å². The molecule has 3 nitrogen and oxygen atoms in total. The van der Waals surface area contributed by atoms with Gasteiger partial charge in [0.25, 0.3) is 0 Å². The van der Waals surface area contributed by atoms with Gasteiger partial charge in [0, 0.05) is 5.92 Å². The third-order valence-corrected chi connectivity index (χ3v) is 5.25. The molecule has 4 rings (SSSR count). The summed E-state index contributed by atoms with van der Waals surface area (Å²) in [6, 6.07) is 22.0. The van der Waals surface area contributed by atoms with E-state index in [0.29, 0.717) is 6.42 Å². The first-order chi connectivity index (χ1) is 12.1. The highest BCUT2D eigenvalue weighted by Crippen LogP contribution is 2.52. The maximum atomic E-state index is 12.5. The Morgan fingerprint density at radius 1 is 0.880 bits per heavy atom. The monoisotopic (exact) mass is 330 g/mol. The van der Waals surface area contributed by atoms with E-state index in [0.717, 1.165) is 28.5 Å². The Hall–Kier alpha value is -3.07. The molecule has 0 radical (unpaired) electrons. The predicted octanol–water partition coefficient (Wildman–Crippen LogP) is 3.92. The molecule has 1 aliphatic rings. The first-order valence-corrected chi connectivity index (χ1v) is 8.28. The van der Waals surface area contributed by atoms with Crippen LogP contribution in [0.5, 0.6) is 11.5 Å². The van der Waals surface area contributed by atoms with E-state index < -0.39 is 5.41 Å². The van der Waals surface area contributed by atoms with Gasteiger partial charge in [-0.05, 0) is 52.9 Å². The van der Waals surface area contributed by atoms with Gasteiger partial charge in [-0.25, -0.2) is 0 Å². The van der Waals surface area contributed by atoms with Gasteiger partial charge in [-0.1, -0.05) is 48.5 Å². The lowest BCUT2D eigenvalue weighted by molar-refractivity contribution is -0.111. The Morgan fingerprint density at radius 3 is 2.24 bits per heavy atom. The summed E-state index contributed by atoms with van der Waals surface area (Å²) >= 11 is 0. The van der Waals surface area contributed by atoms with Crippen molar-refractivity contribution >= 4 is 6.29 Å². The van der Waals surface area contributed by atoms with Gasteiger partial charge >= 0.3 is 0 Å².